The zero-order valence-corrected chi connectivity index (χ0v) is 13.7. The van der Waals surface area contributed by atoms with Gasteiger partial charge in [-0.2, -0.15) is 0 Å². The molecule has 122 valence electrons. The lowest BCUT2D eigenvalue weighted by atomic mass is 9.86. The Morgan fingerprint density at radius 2 is 2.22 bits per heavy atom. The molecule has 0 saturated carbocycles. The van der Waals surface area contributed by atoms with Crippen LogP contribution in [-0.4, -0.2) is 45.0 Å². The maximum atomic E-state index is 10.3. The topological polar surface area (TPSA) is 69.5 Å². The molecule has 23 heavy (non-hydrogen) atoms. The van der Waals surface area contributed by atoms with Crippen LogP contribution in [0.1, 0.15) is 19.8 Å². The summed E-state index contributed by atoms with van der Waals surface area (Å²) in [5.41, 5.74) is 0.688. The minimum atomic E-state index is -1.01. The SMILES string of the molecule is CC[C@@]1(O)CCN(c2nccc(-c3cccc(Cl)c3)n2)C[C@H]1O. The van der Waals surface area contributed by atoms with Gasteiger partial charge in [-0.25, -0.2) is 9.97 Å². The molecule has 3 rings (SSSR count). The summed E-state index contributed by atoms with van der Waals surface area (Å²) < 4.78 is 0. The minimum Gasteiger partial charge on any atom is -0.388 e. The van der Waals surface area contributed by atoms with E-state index in [4.69, 9.17) is 11.6 Å². The molecule has 0 unspecified atom stereocenters. The Morgan fingerprint density at radius 1 is 1.39 bits per heavy atom. The molecule has 1 aromatic carbocycles. The van der Waals surface area contributed by atoms with Gasteiger partial charge in [0, 0.05) is 29.9 Å². The molecule has 5 nitrogen and oxygen atoms in total. The minimum absolute atomic E-state index is 0.323. The Morgan fingerprint density at radius 3 is 2.91 bits per heavy atom. The second kappa shape index (κ2) is 6.43. The molecule has 2 N–H and O–H groups in total. The number of anilines is 1. The molecule has 0 bridgehead atoms. The summed E-state index contributed by atoms with van der Waals surface area (Å²) in [5, 5.41) is 21.2. The van der Waals surface area contributed by atoms with Crippen molar-refractivity contribution in [3.05, 3.63) is 41.6 Å². The van der Waals surface area contributed by atoms with Crippen LogP contribution < -0.4 is 4.90 Å². The summed E-state index contributed by atoms with van der Waals surface area (Å²) in [4.78, 5) is 10.8. The number of nitrogens with zero attached hydrogens (tertiary/aromatic N) is 3. The lowest BCUT2D eigenvalue weighted by Gasteiger charge is -2.41. The Balaban J connectivity index is 1.84. The fraction of sp³-hybridized carbons (Fsp3) is 0.412. The van der Waals surface area contributed by atoms with Gasteiger partial charge < -0.3 is 15.1 Å². The van der Waals surface area contributed by atoms with Gasteiger partial charge in [0.2, 0.25) is 5.95 Å². The molecule has 1 aliphatic heterocycles. The standard InChI is InChI=1S/C17H20ClN3O2/c1-2-17(23)7-9-21(11-15(17)22)16-19-8-6-14(20-16)12-4-3-5-13(18)10-12/h3-6,8,10,15,22-23H,2,7,9,11H2,1H3/t15-,17-/m1/s1. The monoisotopic (exact) mass is 333 g/mol. The van der Waals surface area contributed by atoms with E-state index in [9.17, 15) is 10.2 Å². The number of rotatable bonds is 3. The highest BCUT2D eigenvalue weighted by atomic mass is 35.5. The molecule has 6 heteroatoms. The van der Waals surface area contributed by atoms with Crippen LogP contribution in [0.5, 0.6) is 0 Å². The van der Waals surface area contributed by atoms with E-state index < -0.39 is 11.7 Å². The number of β-amino-alcohol motifs (C(OH)–C–C–N with tert-alkyl or cyclic N) is 1. The molecule has 1 saturated heterocycles. The predicted molar refractivity (Wildman–Crippen MR) is 90.6 cm³/mol. The lowest BCUT2D eigenvalue weighted by molar-refractivity contribution is -0.0880. The average Bonchev–Trinajstić information content (AvgIpc) is 2.57. The van der Waals surface area contributed by atoms with Gasteiger partial charge in [0.05, 0.1) is 11.3 Å². The summed E-state index contributed by atoms with van der Waals surface area (Å²) >= 11 is 6.04. The van der Waals surface area contributed by atoms with Crippen LogP contribution in [0.25, 0.3) is 11.3 Å². The van der Waals surface area contributed by atoms with E-state index in [1.807, 2.05) is 42.2 Å². The molecule has 2 atom stereocenters. The van der Waals surface area contributed by atoms with Gasteiger partial charge in [0.1, 0.15) is 6.10 Å². The number of aromatic nitrogens is 2. The molecule has 0 radical (unpaired) electrons. The normalized spacial score (nSPS) is 24.7. The maximum absolute atomic E-state index is 10.3. The largest absolute Gasteiger partial charge is 0.388 e. The number of aliphatic hydroxyl groups is 2. The highest BCUT2D eigenvalue weighted by molar-refractivity contribution is 6.30. The summed E-state index contributed by atoms with van der Waals surface area (Å²) in [6.07, 6.45) is 1.92. The molecule has 0 amide bonds. The summed E-state index contributed by atoms with van der Waals surface area (Å²) in [5.74, 6) is 0.555. The number of aliphatic hydroxyl groups excluding tert-OH is 1. The van der Waals surface area contributed by atoms with Crippen molar-refractivity contribution in [1.82, 2.24) is 9.97 Å². The quantitative estimate of drug-likeness (QED) is 0.903. The molecular formula is C17H20ClN3O2. The molecule has 1 aliphatic rings. The lowest BCUT2D eigenvalue weighted by Crippen LogP contribution is -2.55. The Kier molecular flexibility index (Phi) is 4.53. The zero-order valence-electron chi connectivity index (χ0n) is 13.0. The fourth-order valence-electron chi connectivity index (χ4n) is 2.87. The first-order chi connectivity index (χ1) is 11.0. The van der Waals surface area contributed by atoms with Gasteiger partial charge in [-0.15, -0.1) is 0 Å². The van der Waals surface area contributed by atoms with Crippen molar-refractivity contribution >= 4 is 17.5 Å². The van der Waals surface area contributed by atoms with E-state index in [1.165, 1.54) is 0 Å². The first-order valence-corrected chi connectivity index (χ1v) is 8.14. The number of hydrogen-bond acceptors (Lipinski definition) is 5. The molecule has 2 aromatic rings. The third kappa shape index (κ3) is 3.32. The van der Waals surface area contributed by atoms with Crippen LogP contribution in [-0.2, 0) is 0 Å². The van der Waals surface area contributed by atoms with Crippen molar-refractivity contribution in [3.8, 4) is 11.3 Å². The molecule has 1 fully saturated rings. The molecule has 2 heterocycles. The summed E-state index contributed by atoms with van der Waals surface area (Å²) in [7, 11) is 0. The van der Waals surface area contributed by atoms with Gasteiger partial charge >= 0.3 is 0 Å². The third-order valence-electron chi connectivity index (χ3n) is 4.49. The van der Waals surface area contributed by atoms with Gasteiger partial charge in [-0.1, -0.05) is 30.7 Å². The number of hydrogen-bond donors (Lipinski definition) is 2. The van der Waals surface area contributed by atoms with Crippen molar-refractivity contribution in [3.63, 3.8) is 0 Å². The first kappa shape index (κ1) is 16.2. The van der Waals surface area contributed by atoms with Crippen LogP contribution in [0.15, 0.2) is 36.5 Å². The van der Waals surface area contributed by atoms with Gasteiger partial charge in [-0.3, -0.25) is 0 Å². The van der Waals surface area contributed by atoms with Crippen molar-refractivity contribution in [2.45, 2.75) is 31.5 Å². The summed E-state index contributed by atoms with van der Waals surface area (Å²) in [6, 6.07) is 9.33. The van der Waals surface area contributed by atoms with Crippen LogP contribution in [0.4, 0.5) is 5.95 Å². The Bertz CT molecular complexity index is 697. The smallest absolute Gasteiger partial charge is 0.225 e. The fourth-order valence-corrected chi connectivity index (χ4v) is 3.06. The van der Waals surface area contributed by atoms with Gasteiger partial charge in [0.25, 0.3) is 0 Å². The molecule has 0 aliphatic carbocycles. The highest BCUT2D eigenvalue weighted by Gasteiger charge is 2.39. The first-order valence-electron chi connectivity index (χ1n) is 7.76. The molecular weight excluding hydrogens is 314 g/mol. The van der Waals surface area contributed by atoms with E-state index in [-0.39, 0.29) is 0 Å². The van der Waals surface area contributed by atoms with Crippen molar-refractivity contribution in [2.24, 2.45) is 0 Å². The second-order valence-electron chi connectivity index (χ2n) is 5.92. The number of halogens is 1. The van der Waals surface area contributed by atoms with Crippen LogP contribution in [0.3, 0.4) is 0 Å². The van der Waals surface area contributed by atoms with Crippen LogP contribution >= 0.6 is 11.6 Å². The van der Waals surface area contributed by atoms with Gasteiger partial charge in [-0.05, 0) is 31.0 Å². The molecule has 1 aromatic heterocycles. The van der Waals surface area contributed by atoms with E-state index >= 15 is 0 Å². The van der Waals surface area contributed by atoms with E-state index in [2.05, 4.69) is 9.97 Å². The highest BCUT2D eigenvalue weighted by Crippen LogP contribution is 2.28. The Labute approximate surface area is 140 Å². The van der Waals surface area contributed by atoms with Gasteiger partial charge in [0.15, 0.2) is 0 Å². The number of benzene rings is 1. The van der Waals surface area contributed by atoms with Crippen molar-refractivity contribution in [1.29, 1.82) is 0 Å². The predicted octanol–water partition coefficient (Wildman–Crippen LogP) is 2.51. The zero-order chi connectivity index (χ0) is 16.4. The van der Waals surface area contributed by atoms with Crippen molar-refractivity contribution < 1.29 is 10.2 Å². The van der Waals surface area contributed by atoms with Crippen molar-refractivity contribution in [2.75, 3.05) is 18.0 Å². The maximum Gasteiger partial charge on any atom is 0.225 e. The van der Waals surface area contributed by atoms with E-state index in [1.54, 1.807) is 6.20 Å². The summed E-state index contributed by atoms with van der Waals surface area (Å²) in [6.45, 7) is 2.82. The van der Waals surface area contributed by atoms with E-state index in [0.29, 0.717) is 36.9 Å². The third-order valence-corrected chi connectivity index (χ3v) is 4.72. The van der Waals surface area contributed by atoms with E-state index in [0.717, 1.165) is 11.3 Å². The van der Waals surface area contributed by atoms with Crippen LogP contribution in [0.2, 0.25) is 5.02 Å². The molecule has 0 spiro atoms. The average molecular weight is 334 g/mol. The number of piperidine rings is 1. The van der Waals surface area contributed by atoms with Crippen LogP contribution in [0, 0.1) is 0 Å². The second-order valence-corrected chi connectivity index (χ2v) is 6.36. The Hall–Kier alpha value is -1.69.